The third kappa shape index (κ3) is 2.55. The van der Waals surface area contributed by atoms with Gasteiger partial charge in [0.15, 0.2) is 11.5 Å². The number of hydrogen-bond acceptors (Lipinski definition) is 3. The lowest BCUT2D eigenvalue weighted by molar-refractivity contribution is 0.253. The van der Waals surface area contributed by atoms with E-state index in [1.165, 1.54) is 24.1 Å². The molecule has 1 aromatic carbocycles. The Hall–Kier alpha value is -1.22. The van der Waals surface area contributed by atoms with E-state index in [4.69, 9.17) is 9.47 Å². The second kappa shape index (κ2) is 5.41. The molecule has 0 atom stereocenters. The zero-order valence-corrected chi connectivity index (χ0v) is 11.0. The fraction of sp³-hybridized carbons (Fsp3) is 0.571. The molecule has 0 amide bonds. The standard InChI is InChI=1S/C14H21NO2/c1-4-6-15-7-5-11-8-13(16-2)14(17-3)9-12(11)10-15/h8-9H,4-7,10H2,1-3H3. The molecule has 1 aromatic rings. The Morgan fingerprint density at radius 3 is 2.35 bits per heavy atom. The summed E-state index contributed by atoms with van der Waals surface area (Å²) in [6.07, 6.45) is 2.32. The van der Waals surface area contributed by atoms with Crippen LogP contribution in [0.3, 0.4) is 0 Å². The number of ether oxygens (including phenoxy) is 2. The van der Waals surface area contributed by atoms with Crippen molar-refractivity contribution in [2.45, 2.75) is 26.3 Å². The third-order valence-corrected chi connectivity index (χ3v) is 3.34. The first-order valence-corrected chi connectivity index (χ1v) is 6.24. The Bertz CT molecular complexity index is 390. The van der Waals surface area contributed by atoms with E-state index in [1.54, 1.807) is 14.2 Å². The van der Waals surface area contributed by atoms with Gasteiger partial charge in [-0.2, -0.15) is 0 Å². The maximum absolute atomic E-state index is 5.35. The van der Waals surface area contributed by atoms with Gasteiger partial charge >= 0.3 is 0 Å². The molecule has 2 rings (SSSR count). The molecule has 1 aliphatic heterocycles. The van der Waals surface area contributed by atoms with Crippen molar-refractivity contribution in [3.8, 4) is 11.5 Å². The van der Waals surface area contributed by atoms with Crippen LogP contribution < -0.4 is 9.47 Å². The fourth-order valence-electron chi connectivity index (χ4n) is 2.45. The Kier molecular flexibility index (Phi) is 3.89. The minimum Gasteiger partial charge on any atom is -0.493 e. The van der Waals surface area contributed by atoms with Crippen molar-refractivity contribution < 1.29 is 9.47 Å². The van der Waals surface area contributed by atoms with Crippen LogP contribution in [0.1, 0.15) is 24.5 Å². The average Bonchev–Trinajstić information content (AvgIpc) is 2.37. The lowest BCUT2D eigenvalue weighted by Crippen LogP contribution is -2.31. The molecule has 0 radical (unpaired) electrons. The van der Waals surface area contributed by atoms with Crippen molar-refractivity contribution in [1.29, 1.82) is 0 Å². The molecule has 3 nitrogen and oxygen atoms in total. The zero-order chi connectivity index (χ0) is 12.3. The molecule has 3 heteroatoms. The molecule has 17 heavy (non-hydrogen) atoms. The molecule has 0 aromatic heterocycles. The van der Waals surface area contributed by atoms with Gasteiger partial charge in [-0.25, -0.2) is 0 Å². The maximum atomic E-state index is 5.35. The van der Waals surface area contributed by atoms with Crippen molar-refractivity contribution in [2.24, 2.45) is 0 Å². The van der Waals surface area contributed by atoms with Gasteiger partial charge in [0.05, 0.1) is 14.2 Å². The van der Waals surface area contributed by atoms with Gasteiger partial charge < -0.3 is 9.47 Å². The number of methoxy groups -OCH3 is 2. The van der Waals surface area contributed by atoms with Gasteiger partial charge in [-0.05, 0) is 42.6 Å². The maximum Gasteiger partial charge on any atom is 0.161 e. The molecule has 0 bridgehead atoms. The van der Waals surface area contributed by atoms with Crippen LogP contribution in [-0.2, 0) is 13.0 Å². The molecule has 0 saturated heterocycles. The molecule has 0 fully saturated rings. The van der Waals surface area contributed by atoms with Crippen LogP contribution >= 0.6 is 0 Å². The topological polar surface area (TPSA) is 21.7 Å². The average molecular weight is 235 g/mol. The molecule has 1 heterocycles. The van der Waals surface area contributed by atoms with E-state index in [-0.39, 0.29) is 0 Å². The fourth-order valence-corrected chi connectivity index (χ4v) is 2.45. The highest BCUT2D eigenvalue weighted by molar-refractivity contribution is 5.48. The highest BCUT2D eigenvalue weighted by Crippen LogP contribution is 2.33. The van der Waals surface area contributed by atoms with Gasteiger partial charge in [0.25, 0.3) is 0 Å². The van der Waals surface area contributed by atoms with Crippen LogP contribution in [0, 0.1) is 0 Å². The van der Waals surface area contributed by atoms with Crippen LogP contribution in [0.2, 0.25) is 0 Å². The summed E-state index contributed by atoms with van der Waals surface area (Å²) < 4.78 is 10.7. The third-order valence-electron chi connectivity index (χ3n) is 3.34. The van der Waals surface area contributed by atoms with Gasteiger partial charge in [-0.1, -0.05) is 6.92 Å². The molecule has 94 valence electrons. The summed E-state index contributed by atoms with van der Waals surface area (Å²) in [6.45, 7) is 5.58. The van der Waals surface area contributed by atoms with E-state index in [0.717, 1.165) is 31.0 Å². The van der Waals surface area contributed by atoms with Crippen molar-refractivity contribution >= 4 is 0 Å². The quantitative estimate of drug-likeness (QED) is 0.800. The van der Waals surface area contributed by atoms with Gasteiger partial charge in [0.1, 0.15) is 0 Å². The molecular weight excluding hydrogens is 214 g/mol. The normalized spacial score (nSPS) is 15.5. The van der Waals surface area contributed by atoms with E-state index in [2.05, 4.69) is 24.0 Å². The summed E-state index contributed by atoms with van der Waals surface area (Å²) in [5.74, 6) is 1.68. The number of benzene rings is 1. The summed E-state index contributed by atoms with van der Waals surface area (Å²) in [6, 6.07) is 4.24. The number of hydrogen-bond donors (Lipinski definition) is 0. The Morgan fingerprint density at radius 2 is 1.76 bits per heavy atom. The Labute approximate surface area is 103 Å². The van der Waals surface area contributed by atoms with Crippen LogP contribution in [-0.4, -0.2) is 32.2 Å². The zero-order valence-electron chi connectivity index (χ0n) is 11.0. The van der Waals surface area contributed by atoms with Gasteiger partial charge in [-0.15, -0.1) is 0 Å². The highest BCUT2D eigenvalue weighted by atomic mass is 16.5. The minimum atomic E-state index is 0.838. The number of fused-ring (bicyclic) bond motifs is 1. The second-order valence-electron chi connectivity index (χ2n) is 4.50. The second-order valence-corrected chi connectivity index (χ2v) is 4.50. The molecular formula is C14H21NO2. The summed E-state index contributed by atoms with van der Waals surface area (Å²) >= 11 is 0. The first-order chi connectivity index (χ1) is 8.28. The molecule has 1 aliphatic rings. The predicted molar refractivity (Wildman–Crippen MR) is 68.8 cm³/mol. The van der Waals surface area contributed by atoms with Gasteiger partial charge in [0.2, 0.25) is 0 Å². The van der Waals surface area contributed by atoms with E-state index in [9.17, 15) is 0 Å². The molecule has 0 saturated carbocycles. The van der Waals surface area contributed by atoms with Crippen molar-refractivity contribution in [1.82, 2.24) is 4.90 Å². The molecule has 0 spiro atoms. The molecule has 0 aliphatic carbocycles. The highest BCUT2D eigenvalue weighted by Gasteiger charge is 2.18. The van der Waals surface area contributed by atoms with Gasteiger partial charge in [-0.3, -0.25) is 4.90 Å². The minimum absolute atomic E-state index is 0.838. The van der Waals surface area contributed by atoms with Crippen LogP contribution in [0.5, 0.6) is 11.5 Å². The predicted octanol–water partition coefficient (Wildman–Crippen LogP) is 2.47. The Morgan fingerprint density at radius 1 is 1.12 bits per heavy atom. The summed E-state index contributed by atoms with van der Waals surface area (Å²) in [7, 11) is 3.38. The lowest BCUT2D eigenvalue weighted by atomic mass is 9.98. The lowest BCUT2D eigenvalue weighted by Gasteiger charge is -2.29. The largest absolute Gasteiger partial charge is 0.493 e. The van der Waals surface area contributed by atoms with Crippen molar-refractivity contribution in [3.05, 3.63) is 23.3 Å². The van der Waals surface area contributed by atoms with E-state index in [1.807, 2.05) is 0 Å². The summed E-state index contributed by atoms with van der Waals surface area (Å²) in [5.41, 5.74) is 2.78. The van der Waals surface area contributed by atoms with Gasteiger partial charge in [0, 0.05) is 13.1 Å². The number of nitrogens with zero attached hydrogens (tertiary/aromatic N) is 1. The first-order valence-electron chi connectivity index (χ1n) is 6.24. The van der Waals surface area contributed by atoms with Crippen LogP contribution in [0.25, 0.3) is 0 Å². The summed E-state index contributed by atoms with van der Waals surface area (Å²) in [5, 5.41) is 0. The van der Waals surface area contributed by atoms with E-state index in [0.29, 0.717) is 0 Å². The monoisotopic (exact) mass is 235 g/mol. The van der Waals surface area contributed by atoms with Crippen LogP contribution in [0.15, 0.2) is 12.1 Å². The molecule has 0 unspecified atom stereocenters. The van der Waals surface area contributed by atoms with Crippen molar-refractivity contribution in [3.63, 3.8) is 0 Å². The van der Waals surface area contributed by atoms with Crippen molar-refractivity contribution in [2.75, 3.05) is 27.3 Å². The Balaban J connectivity index is 2.25. The van der Waals surface area contributed by atoms with Crippen LogP contribution in [0.4, 0.5) is 0 Å². The smallest absolute Gasteiger partial charge is 0.161 e. The number of rotatable bonds is 4. The van der Waals surface area contributed by atoms with E-state index < -0.39 is 0 Å². The molecule has 0 N–H and O–H groups in total. The van der Waals surface area contributed by atoms with E-state index >= 15 is 0 Å². The SMILES string of the molecule is CCCN1CCc2cc(OC)c(OC)cc2C1. The summed E-state index contributed by atoms with van der Waals surface area (Å²) in [4.78, 5) is 2.49. The first kappa shape index (κ1) is 12.2.